The van der Waals surface area contributed by atoms with E-state index in [1.807, 2.05) is 6.07 Å². The van der Waals surface area contributed by atoms with Crippen LogP contribution in [0, 0.1) is 5.82 Å². The Balaban J connectivity index is 1.70. The third kappa shape index (κ3) is 4.16. The zero-order chi connectivity index (χ0) is 18.5. The summed E-state index contributed by atoms with van der Waals surface area (Å²) in [6.07, 6.45) is 1.34. The molecule has 0 fully saturated rings. The number of benzene rings is 2. The molecule has 1 aromatic heterocycles. The lowest BCUT2D eigenvalue weighted by Gasteiger charge is -2.15. The second-order valence-corrected chi connectivity index (χ2v) is 5.74. The number of nitrogens with one attached hydrogen (secondary N) is 2. The van der Waals surface area contributed by atoms with Crippen molar-refractivity contribution >= 4 is 5.91 Å². The zero-order valence-electron chi connectivity index (χ0n) is 14.0. The van der Waals surface area contributed by atoms with E-state index in [2.05, 4.69) is 10.3 Å². The van der Waals surface area contributed by atoms with Crippen LogP contribution in [-0.4, -0.2) is 10.9 Å². The Morgan fingerprint density at radius 3 is 2.54 bits per heavy atom. The van der Waals surface area contributed by atoms with Gasteiger partial charge in [0.05, 0.1) is 11.6 Å². The van der Waals surface area contributed by atoms with E-state index < -0.39 is 11.9 Å². The molecule has 2 N–H and O–H groups in total. The van der Waals surface area contributed by atoms with E-state index in [0.717, 1.165) is 0 Å². The molecule has 0 saturated carbocycles. The first kappa shape index (κ1) is 17.4. The van der Waals surface area contributed by atoms with Gasteiger partial charge in [0.1, 0.15) is 5.75 Å². The van der Waals surface area contributed by atoms with Gasteiger partial charge in [-0.3, -0.25) is 9.59 Å². The van der Waals surface area contributed by atoms with Crippen molar-refractivity contribution in [1.29, 1.82) is 0 Å². The van der Waals surface area contributed by atoms with E-state index in [1.165, 1.54) is 30.5 Å². The van der Waals surface area contributed by atoms with Crippen LogP contribution in [0.15, 0.2) is 71.7 Å². The van der Waals surface area contributed by atoms with E-state index in [1.54, 1.807) is 37.3 Å². The largest absolute Gasteiger partial charge is 0.454 e. The average Bonchev–Trinajstić information content (AvgIpc) is 2.64. The Bertz CT molecular complexity index is 950. The molecule has 1 atom stereocenters. The topological polar surface area (TPSA) is 71.2 Å². The number of aromatic nitrogens is 1. The van der Waals surface area contributed by atoms with E-state index in [9.17, 15) is 14.0 Å². The molecule has 6 heteroatoms. The van der Waals surface area contributed by atoms with Crippen LogP contribution in [0.1, 0.15) is 28.9 Å². The molecule has 26 heavy (non-hydrogen) atoms. The van der Waals surface area contributed by atoms with Gasteiger partial charge < -0.3 is 15.0 Å². The number of H-pyrrole nitrogens is 1. The number of hydrogen-bond donors (Lipinski definition) is 2. The zero-order valence-corrected chi connectivity index (χ0v) is 14.0. The van der Waals surface area contributed by atoms with Crippen molar-refractivity contribution in [2.45, 2.75) is 13.0 Å². The Morgan fingerprint density at radius 2 is 1.88 bits per heavy atom. The third-order valence-corrected chi connectivity index (χ3v) is 3.82. The van der Waals surface area contributed by atoms with Crippen molar-refractivity contribution in [1.82, 2.24) is 10.3 Å². The number of aromatic amines is 1. The molecule has 0 spiro atoms. The Labute approximate surface area is 149 Å². The van der Waals surface area contributed by atoms with Crippen molar-refractivity contribution in [2.24, 2.45) is 0 Å². The average molecular weight is 352 g/mol. The molecule has 5 nitrogen and oxygen atoms in total. The summed E-state index contributed by atoms with van der Waals surface area (Å²) in [6.45, 7) is 1.75. The van der Waals surface area contributed by atoms with Crippen LogP contribution in [0.5, 0.6) is 11.5 Å². The molecule has 0 radical (unpaired) electrons. The maximum Gasteiger partial charge on any atom is 0.253 e. The number of hydrogen-bond acceptors (Lipinski definition) is 3. The van der Waals surface area contributed by atoms with Gasteiger partial charge in [0.2, 0.25) is 5.56 Å². The quantitative estimate of drug-likeness (QED) is 0.734. The molecule has 0 unspecified atom stereocenters. The number of para-hydroxylation sites is 1. The highest BCUT2D eigenvalue weighted by Crippen LogP contribution is 2.26. The fourth-order valence-electron chi connectivity index (χ4n) is 2.40. The number of pyridine rings is 1. The fourth-order valence-corrected chi connectivity index (χ4v) is 2.40. The van der Waals surface area contributed by atoms with Crippen LogP contribution in [0.25, 0.3) is 0 Å². The van der Waals surface area contributed by atoms with Gasteiger partial charge in [0.15, 0.2) is 11.6 Å². The second-order valence-electron chi connectivity index (χ2n) is 5.74. The summed E-state index contributed by atoms with van der Waals surface area (Å²) in [5.74, 6) is -0.229. The smallest absolute Gasteiger partial charge is 0.253 e. The summed E-state index contributed by atoms with van der Waals surface area (Å²) in [6, 6.07) is 15.8. The van der Waals surface area contributed by atoms with Crippen molar-refractivity contribution < 1.29 is 13.9 Å². The molecule has 0 saturated heterocycles. The van der Waals surface area contributed by atoms with E-state index in [-0.39, 0.29) is 17.2 Å². The van der Waals surface area contributed by atoms with Crippen LogP contribution in [0.2, 0.25) is 0 Å². The minimum absolute atomic E-state index is 0.110. The number of carbonyl (C=O) groups is 1. The number of ether oxygens (including phenoxy) is 1. The molecule has 0 aliphatic rings. The molecule has 1 amide bonds. The number of rotatable bonds is 5. The maximum atomic E-state index is 14.3. The SMILES string of the molecule is C[C@@H](NC(=O)c1ccc(=O)[nH]c1)c1ccc(Oc2ccccc2)c(F)c1. The monoisotopic (exact) mass is 352 g/mol. The molecule has 132 valence electrons. The Kier molecular flexibility index (Phi) is 5.12. The van der Waals surface area contributed by atoms with Crippen LogP contribution in [-0.2, 0) is 0 Å². The predicted molar refractivity (Wildman–Crippen MR) is 95.9 cm³/mol. The highest BCUT2D eigenvalue weighted by molar-refractivity contribution is 5.94. The van der Waals surface area contributed by atoms with Gasteiger partial charge in [-0.25, -0.2) is 4.39 Å². The number of amides is 1. The minimum atomic E-state index is -0.517. The highest BCUT2D eigenvalue weighted by Gasteiger charge is 2.14. The molecule has 0 aliphatic heterocycles. The maximum absolute atomic E-state index is 14.3. The summed E-state index contributed by atoms with van der Waals surface area (Å²) in [5, 5.41) is 2.76. The van der Waals surface area contributed by atoms with Gasteiger partial charge in [-0.15, -0.1) is 0 Å². The highest BCUT2D eigenvalue weighted by atomic mass is 19.1. The summed E-state index contributed by atoms with van der Waals surface area (Å²) in [4.78, 5) is 25.7. The van der Waals surface area contributed by atoms with Crippen LogP contribution in [0.3, 0.4) is 0 Å². The van der Waals surface area contributed by atoms with Gasteiger partial charge in [-0.2, -0.15) is 0 Å². The predicted octanol–water partition coefficient (Wildman–Crippen LogP) is 3.80. The van der Waals surface area contributed by atoms with Gasteiger partial charge in [0.25, 0.3) is 5.91 Å². The van der Waals surface area contributed by atoms with Gasteiger partial charge >= 0.3 is 0 Å². The van der Waals surface area contributed by atoms with Crippen LogP contribution in [0.4, 0.5) is 4.39 Å². The molecular weight excluding hydrogens is 335 g/mol. The molecule has 2 aromatic carbocycles. The van der Waals surface area contributed by atoms with Gasteiger partial charge in [0, 0.05) is 12.3 Å². The van der Waals surface area contributed by atoms with Crippen LogP contribution < -0.4 is 15.6 Å². The normalized spacial score (nSPS) is 11.6. The molecule has 3 rings (SSSR count). The number of carbonyl (C=O) groups excluding carboxylic acids is 1. The van der Waals surface area contributed by atoms with Crippen molar-refractivity contribution in [3.63, 3.8) is 0 Å². The minimum Gasteiger partial charge on any atom is -0.454 e. The standard InChI is InChI=1S/C20H17FN2O3/c1-13(23-20(25)15-8-10-19(24)22-12-15)14-7-9-18(17(21)11-14)26-16-5-3-2-4-6-16/h2-13H,1H3,(H,22,24)(H,23,25)/t13-/m1/s1. The molecular formula is C20H17FN2O3. The summed E-state index contributed by atoms with van der Waals surface area (Å²) < 4.78 is 19.8. The first-order valence-corrected chi connectivity index (χ1v) is 8.05. The lowest BCUT2D eigenvalue weighted by molar-refractivity contribution is 0.0939. The summed E-state index contributed by atoms with van der Waals surface area (Å²) in [5.41, 5.74) is 0.632. The van der Waals surface area contributed by atoms with Crippen molar-refractivity contribution in [3.8, 4) is 11.5 Å². The Hall–Kier alpha value is -3.41. The molecule has 0 bridgehead atoms. The summed E-state index contributed by atoms with van der Waals surface area (Å²) >= 11 is 0. The Morgan fingerprint density at radius 1 is 1.12 bits per heavy atom. The number of halogens is 1. The molecule has 1 heterocycles. The van der Waals surface area contributed by atoms with Gasteiger partial charge in [-0.05, 0) is 42.8 Å². The lowest BCUT2D eigenvalue weighted by atomic mass is 10.1. The summed E-state index contributed by atoms with van der Waals surface area (Å²) in [7, 11) is 0. The van der Waals surface area contributed by atoms with E-state index in [4.69, 9.17) is 4.74 Å². The van der Waals surface area contributed by atoms with Crippen molar-refractivity contribution in [3.05, 3.63) is 94.2 Å². The van der Waals surface area contributed by atoms with Crippen LogP contribution >= 0.6 is 0 Å². The van der Waals surface area contributed by atoms with E-state index >= 15 is 0 Å². The van der Waals surface area contributed by atoms with Gasteiger partial charge in [-0.1, -0.05) is 24.3 Å². The fraction of sp³-hybridized carbons (Fsp3) is 0.100. The second kappa shape index (κ2) is 7.65. The first-order valence-electron chi connectivity index (χ1n) is 8.05. The third-order valence-electron chi connectivity index (χ3n) is 3.82. The van der Waals surface area contributed by atoms with E-state index in [0.29, 0.717) is 16.9 Å². The first-order chi connectivity index (χ1) is 12.5. The lowest BCUT2D eigenvalue weighted by Crippen LogP contribution is -2.27. The molecule has 3 aromatic rings. The van der Waals surface area contributed by atoms with Crippen molar-refractivity contribution in [2.75, 3.05) is 0 Å². The molecule has 0 aliphatic carbocycles.